The van der Waals surface area contributed by atoms with Gasteiger partial charge in [-0.15, -0.1) is 0 Å². The monoisotopic (exact) mass is 282 g/mol. The highest BCUT2D eigenvalue weighted by Gasteiger charge is 2.15. The number of carbonyl (C=O) groups is 1. The highest BCUT2D eigenvalue weighted by molar-refractivity contribution is 6.30. The van der Waals surface area contributed by atoms with E-state index in [1.807, 2.05) is 42.5 Å². The molecule has 4 heteroatoms. The van der Waals surface area contributed by atoms with Crippen LogP contribution in [0.5, 0.6) is 0 Å². The summed E-state index contributed by atoms with van der Waals surface area (Å²) >= 11 is 5.90. The fourth-order valence-electron chi connectivity index (χ4n) is 2.15. The van der Waals surface area contributed by atoms with Crippen molar-refractivity contribution < 1.29 is 4.79 Å². The van der Waals surface area contributed by atoms with Crippen molar-refractivity contribution in [1.29, 1.82) is 0 Å². The highest BCUT2D eigenvalue weighted by Crippen LogP contribution is 2.32. The van der Waals surface area contributed by atoms with Crippen molar-refractivity contribution in [2.45, 2.75) is 0 Å². The predicted molar refractivity (Wildman–Crippen MR) is 79.9 cm³/mol. The Morgan fingerprint density at radius 2 is 1.65 bits per heavy atom. The minimum atomic E-state index is 0.473. The van der Waals surface area contributed by atoms with Gasteiger partial charge in [-0.05, 0) is 17.7 Å². The first kappa shape index (κ1) is 12.6. The largest absolute Gasteiger partial charge is 0.296 e. The average Bonchev–Trinajstić information content (AvgIpc) is 2.93. The Morgan fingerprint density at radius 1 is 0.950 bits per heavy atom. The molecule has 0 saturated heterocycles. The summed E-state index contributed by atoms with van der Waals surface area (Å²) in [5.41, 5.74) is 3.89. The molecule has 3 rings (SSSR count). The van der Waals surface area contributed by atoms with E-state index >= 15 is 0 Å². The quantitative estimate of drug-likeness (QED) is 0.732. The number of hydrogen-bond acceptors (Lipinski definition) is 2. The Labute approximate surface area is 121 Å². The second-order valence-corrected chi connectivity index (χ2v) is 4.79. The first-order valence-electron chi connectivity index (χ1n) is 6.14. The number of halogens is 1. The maximum Gasteiger partial charge on any atom is 0.168 e. The minimum absolute atomic E-state index is 0.473. The van der Waals surface area contributed by atoms with E-state index < -0.39 is 0 Å². The van der Waals surface area contributed by atoms with E-state index in [2.05, 4.69) is 10.2 Å². The van der Waals surface area contributed by atoms with Crippen LogP contribution in [-0.2, 0) is 0 Å². The zero-order valence-electron chi connectivity index (χ0n) is 10.5. The van der Waals surface area contributed by atoms with Gasteiger partial charge in [-0.25, -0.2) is 0 Å². The lowest BCUT2D eigenvalue weighted by molar-refractivity contribution is 0.111. The SMILES string of the molecule is O=Cc1[nH]nc(-c2ccc(Cl)cc2)c1-c1ccccc1. The molecule has 0 radical (unpaired) electrons. The standard InChI is InChI=1S/C16H11ClN2O/c17-13-8-6-12(7-9-13)16-15(14(10-20)18-19-16)11-4-2-1-3-5-11/h1-10H,(H,18,19). The summed E-state index contributed by atoms with van der Waals surface area (Å²) in [7, 11) is 0. The van der Waals surface area contributed by atoms with Gasteiger partial charge in [0.1, 0.15) is 11.4 Å². The number of aromatic amines is 1. The Hall–Kier alpha value is -2.39. The zero-order valence-corrected chi connectivity index (χ0v) is 11.3. The molecule has 0 fully saturated rings. The van der Waals surface area contributed by atoms with Gasteiger partial charge in [-0.3, -0.25) is 9.89 Å². The first-order valence-corrected chi connectivity index (χ1v) is 6.52. The molecule has 0 aliphatic rings. The number of rotatable bonds is 3. The Balaban J connectivity index is 2.20. The molecule has 0 saturated carbocycles. The van der Waals surface area contributed by atoms with Crippen LogP contribution in [0.4, 0.5) is 0 Å². The number of nitrogens with zero attached hydrogens (tertiary/aromatic N) is 1. The van der Waals surface area contributed by atoms with E-state index in [1.54, 1.807) is 12.1 Å². The summed E-state index contributed by atoms with van der Waals surface area (Å²) in [5.74, 6) is 0. The fraction of sp³-hybridized carbons (Fsp3) is 0. The van der Waals surface area contributed by atoms with E-state index in [4.69, 9.17) is 11.6 Å². The molecule has 1 N–H and O–H groups in total. The number of aldehydes is 1. The van der Waals surface area contributed by atoms with Crippen molar-refractivity contribution in [2.75, 3.05) is 0 Å². The van der Waals surface area contributed by atoms with Crippen LogP contribution in [0.1, 0.15) is 10.5 Å². The molecule has 98 valence electrons. The van der Waals surface area contributed by atoms with Gasteiger partial charge in [-0.2, -0.15) is 5.10 Å². The van der Waals surface area contributed by atoms with Crippen LogP contribution in [0.15, 0.2) is 54.6 Å². The fourth-order valence-corrected chi connectivity index (χ4v) is 2.28. The molecule has 0 amide bonds. The van der Waals surface area contributed by atoms with Crippen LogP contribution in [0.25, 0.3) is 22.4 Å². The second kappa shape index (κ2) is 5.31. The topological polar surface area (TPSA) is 45.8 Å². The Kier molecular flexibility index (Phi) is 3.35. The lowest BCUT2D eigenvalue weighted by atomic mass is 9.99. The van der Waals surface area contributed by atoms with Crippen LogP contribution in [0, 0.1) is 0 Å². The van der Waals surface area contributed by atoms with E-state index in [9.17, 15) is 4.79 Å². The number of H-pyrrole nitrogens is 1. The van der Waals surface area contributed by atoms with Crippen molar-refractivity contribution in [3.8, 4) is 22.4 Å². The van der Waals surface area contributed by atoms with Gasteiger partial charge in [0, 0.05) is 16.1 Å². The molecule has 0 aliphatic carbocycles. The summed E-state index contributed by atoms with van der Waals surface area (Å²) in [6, 6.07) is 17.1. The molecule has 0 spiro atoms. The van der Waals surface area contributed by atoms with E-state index in [-0.39, 0.29) is 0 Å². The number of hydrogen-bond donors (Lipinski definition) is 1. The van der Waals surface area contributed by atoms with Crippen LogP contribution < -0.4 is 0 Å². The molecule has 3 aromatic rings. The number of benzene rings is 2. The van der Waals surface area contributed by atoms with Gasteiger partial charge in [0.25, 0.3) is 0 Å². The molecule has 20 heavy (non-hydrogen) atoms. The predicted octanol–water partition coefficient (Wildman–Crippen LogP) is 4.21. The van der Waals surface area contributed by atoms with Crippen molar-refractivity contribution in [2.24, 2.45) is 0 Å². The third kappa shape index (κ3) is 2.24. The van der Waals surface area contributed by atoms with Gasteiger partial charge in [-0.1, -0.05) is 54.1 Å². The van der Waals surface area contributed by atoms with Gasteiger partial charge in [0.15, 0.2) is 6.29 Å². The molecule has 3 nitrogen and oxygen atoms in total. The molecule has 2 aromatic carbocycles. The van der Waals surface area contributed by atoms with Crippen molar-refractivity contribution in [3.63, 3.8) is 0 Å². The molecule has 0 aliphatic heterocycles. The van der Waals surface area contributed by atoms with Crippen molar-refractivity contribution >= 4 is 17.9 Å². The number of nitrogens with one attached hydrogen (secondary N) is 1. The van der Waals surface area contributed by atoms with Gasteiger partial charge in [0.05, 0.1) is 0 Å². The first-order chi connectivity index (χ1) is 9.79. The highest BCUT2D eigenvalue weighted by atomic mass is 35.5. The number of carbonyl (C=O) groups excluding carboxylic acids is 1. The molecule has 0 atom stereocenters. The smallest absolute Gasteiger partial charge is 0.168 e. The van der Waals surface area contributed by atoms with Crippen LogP contribution in [-0.4, -0.2) is 16.5 Å². The molecule has 1 aromatic heterocycles. The Morgan fingerprint density at radius 3 is 2.30 bits per heavy atom. The maximum absolute atomic E-state index is 11.2. The molecule has 0 bridgehead atoms. The van der Waals surface area contributed by atoms with Gasteiger partial charge < -0.3 is 0 Å². The van der Waals surface area contributed by atoms with Gasteiger partial charge in [0.2, 0.25) is 0 Å². The maximum atomic E-state index is 11.2. The van der Waals surface area contributed by atoms with Crippen LogP contribution in [0.2, 0.25) is 5.02 Å². The third-order valence-electron chi connectivity index (χ3n) is 3.09. The molecular formula is C16H11ClN2O. The summed E-state index contributed by atoms with van der Waals surface area (Å²) < 4.78 is 0. The summed E-state index contributed by atoms with van der Waals surface area (Å²) in [6.45, 7) is 0. The van der Waals surface area contributed by atoms with Crippen molar-refractivity contribution in [1.82, 2.24) is 10.2 Å². The van der Waals surface area contributed by atoms with Crippen LogP contribution in [0.3, 0.4) is 0 Å². The average molecular weight is 283 g/mol. The number of aromatic nitrogens is 2. The minimum Gasteiger partial charge on any atom is -0.296 e. The molecule has 0 unspecified atom stereocenters. The third-order valence-corrected chi connectivity index (χ3v) is 3.34. The second-order valence-electron chi connectivity index (χ2n) is 4.35. The lowest BCUT2D eigenvalue weighted by Crippen LogP contribution is -1.86. The van der Waals surface area contributed by atoms with E-state index in [1.165, 1.54) is 0 Å². The van der Waals surface area contributed by atoms with Crippen molar-refractivity contribution in [3.05, 3.63) is 65.3 Å². The summed E-state index contributed by atoms with van der Waals surface area (Å²) in [5, 5.41) is 7.72. The Bertz CT molecular complexity index is 733. The lowest BCUT2D eigenvalue weighted by Gasteiger charge is -2.04. The zero-order chi connectivity index (χ0) is 13.9. The van der Waals surface area contributed by atoms with E-state index in [0.29, 0.717) is 10.7 Å². The summed E-state index contributed by atoms with van der Waals surface area (Å²) in [4.78, 5) is 11.2. The van der Waals surface area contributed by atoms with Crippen LogP contribution >= 0.6 is 11.6 Å². The normalized spacial score (nSPS) is 10.4. The van der Waals surface area contributed by atoms with E-state index in [0.717, 1.165) is 28.7 Å². The van der Waals surface area contributed by atoms with Gasteiger partial charge >= 0.3 is 0 Å². The molecule has 1 heterocycles. The summed E-state index contributed by atoms with van der Waals surface area (Å²) in [6.07, 6.45) is 0.786. The molecular weight excluding hydrogens is 272 g/mol.